The summed E-state index contributed by atoms with van der Waals surface area (Å²) in [5.74, 6) is 0. The summed E-state index contributed by atoms with van der Waals surface area (Å²) in [5.41, 5.74) is 0. The van der Waals surface area contributed by atoms with E-state index in [-0.39, 0.29) is 0 Å². The minimum absolute atomic E-state index is 0.937. The highest BCUT2D eigenvalue weighted by Crippen LogP contribution is 2.19. The highest BCUT2D eigenvalue weighted by molar-refractivity contribution is 4.65. The quantitative estimate of drug-likeness (QED) is 0.651. The lowest BCUT2D eigenvalue weighted by Crippen LogP contribution is -2.68. The van der Waals surface area contributed by atoms with Gasteiger partial charge in [0.15, 0.2) is 0 Å². The van der Waals surface area contributed by atoms with Crippen LogP contribution in [0.5, 0.6) is 0 Å². The molecule has 0 aromatic heterocycles. The molecule has 2 saturated heterocycles. The first-order chi connectivity index (χ1) is 7.77. The lowest BCUT2D eigenvalue weighted by atomic mass is 10.3. The summed E-state index contributed by atoms with van der Waals surface area (Å²) in [6.45, 7) is 12.7. The molecule has 2 aliphatic rings. The van der Waals surface area contributed by atoms with Crippen LogP contribution in [0.15, 0.2) is 0 Å². The van der Waals surface area contributed by atoms with Gasteiger partial charge in [0.1, 0.15) is 13.1 Å². The molecule has 4 heteroatoms. The van der Waals surface area contributed by atoms with E-state index < -0.39 is 0 Å². The molecule has 0 N–H and O–H groups in total. The Hall–Kier alpha value is -0.160. The second-order valence-electron chi connectivity index (χ2n) is 5.14. The van der Waals surface area contributed by atoms with E-state index in [4.69, 9.17) is 4.74 Å². The van der Waals surface area contributed by atoms with Crippen LogP contribution >= 0.6 is 0 Å². The van der Waals surface area contributed by atoms with Crippen LogP contribution < -0.4 is 0 Å². The van der Waals surface area contributed by atoms with Gasteiger partial charge in [0, 0.05) is 13.1 Å². The van der Waals surface area contributed by atoms with Gasteiger partial charge in [0.25, 0.3) is 0 Å². The molecule has 2 rings (SSSR count). The third-order valence-corrected chi connectivity index (χ3v) is 4.02. The van der Waals surface area contributed by atoms with E-state index in [1.807, 2.05) is 0 Å². The van der Waals surface area contributed by atoms with Gasteiger partial charge in [0.2, 0.25) is 0 Å². The van der Waals surface area contributed by atoms with Gasteiger partial charge < -0.3 is 9.64 Å². The highest BCUT2D eigenvalue weighted by Gasteiger charge is 2.37. The van der Waals surface area contributed by atoms with Crippen LogP contribution in [0.3, 0.4) is 0 Å². The maximum atomic E-state index is 5.53. The average Bonchev–Trinajstić information content (AvgIpc) is 2.31. The molecule has 2 fully saturated rings. The Morgan fingerprint density at radius 1 is 1.06 bits per heavy atom. The summed E-state index contributed by atoms with van der Waals surface area (Å²) in [4.78, 5) is 2.43. The van der Waals surface area contributed by atoms with Crippen LogP contribution in [-0.2, 0) is 4.74 Å². The zero-order valence-electron chi connectivity index (χ0n) is 10.8. The number of nitrogens with zero attached hydrogens (tertiary/aromatic N) is 3. The van der Waals surface area contributed by atoms with Gasteiger partial charge in [-0.15, -0.1) is 0 Å². The smallest absolute Gasteiger partial charge is 0.120 e. The molecule has 0 amide bonds. The minimum atomic E-state index is 0.937. The topological polar surface area (TPSA) is 15.7 Å². The maximum Gasteiger partial charge on any atom is 0.120 e. The summed E-state index contributed by atoms with van der Waals surface area (Å²) < 4.78 is 6.72. The van der Waals surface area contributed by atoms with Crippen molar-refractivity contribution in [1.82, 2.24) is 9.91 Å². The maximum absolute atomic E-state index is 5.53. The van der Waals surface area contributed by atoms with Crippen molar-refractivity contribution in [3.8, 4) is 0 Å². The fourth-order valence-corrected chi connectivity index (χ4v) is 2.97. The third-order valence-electron chi connectivity index (χ3n) is 4.02. The van der Waals surface area contributed by atoms with E-state index in [0.29, 0.717) is 0 Å². The molecule has 0 aromatic carbocycles. The molecule has 0 aromatic rings. The normalized spacial score (nSPS) is 28.1. The second kappa shape index (κ2) is 5.45. The highest BCUT2D eigenvalue weighted by atomic mass is 16.5. The van der Waals surface area contributed by atoms with Crippen LogP contribution in [0.2, 0.25) is 0 Å². The number of quaternary nitrogens is 1. The predicted molar refractivity (Wildman–Crippen MR) is 65.0 cm³/mol. The molecule has 16 heavy (non-hydrogen) atoms. The second-order valence-corrected chi connectivity index (χ2v) is 5.14. The molecular formula is C12H26N3O+. The van der Waals surface area contributed by atoms with Crippen LogP contribution in [0.4, 0.5) is 0 Å². The fraction of sp³-hybridized carbons (Fsp3) is 1.00. The van der Waals surface area contributed by atoms with Crippen LogP contribution in [0.25, 0.3) is 0 Å². The van der Waals surface area contributed by atoms with Crippen molar-refractivity contribution in [2.24, 2.45) is 0 Å². The molecule has 0 saturated carbocycles. The lowest BCUT2D eigenvalue weighted by molar-refractivity contribution is -1.04. The third kappa shape index (κ3) is 2.56. The monoisotopic (exact) mass is 228 g/mol. The lowest BCUT2D eigenvalue weighted by Gasteiger charge is -2.50. The first-order valence-corrected chi connectivity index (χ1v) is 6.65. The summed E-state index contributed by atoms with van der Waals surface area (Å²) in [5, 5.41) is 2.69. The van der Waals surface area contributed by atoms with Crippen molar-refractivity contribution in [3.05, 3.63) is 0 Å². The largest absolute Gasteiger partial charge is 0.370 e. The van der Waals surface area contributed by atoms with E-state index in [1.54, 1.807) is 0 Å². The Kier molecular flexibility index (Phi) is 4.19. The van der Waals surface area contributed by atoms with E-state index in [1.165, 1.54) is 56.8 Å². The van der Waals surface area contributed by atoms with Crippen molar-refractivity contribution in [1.29, 1.82) is 0 Å². The van der Waals surface area contributed by atoms with Crippen molar-refractivity contribution in [2.75, 3.05) is 66.1 Å². The Morgan fingerprint density at radius 3 is 2.25 bits per heavy atom. The van der Waals surface area contributed by atoms with Gasteiger partial charge in [-0.25, -0.2) is 4.59 Å². The van der Waals surface area contributed by atoms with Gasteiger partial charge in [-0.05, 0) is 13.5 Å². The molecule has 2 heterocycles. The number of hydrogen-bond donors (Lipinski definition) is 0. The van der Waals surface area contributed by atoms with E-state index in [2.05, 4.69) is 23.9 Å². The van der Waals surface area contributed by atoms with Crippen LogP contribution in [0, 0.1) is 0 Å². The fourth-order valence-electron chi connectivity index (χ4n) is 2.97. The number of morpholine rings is 1. The SMILES string of the molecule is CCC[N+]1(N2CCN(C)CC2)CCOCC1. The minimum Gasteiger partial charge on any atom is -0.370 e. The zero-order chi connectivity index (χ0) is 11.4. The van der Waals surface area contributed by atoms with Crippen LogP contribution in [0.1, 0.15) is 13.3 Å². The molecule has 0 spiro atoms. The van der Waals surface area contributed by atoms with Crippen molar-refractivity contribution in [3.63, 3.8) is 0 Å². The molecule has 0 radical (unpaired) electrons. The van der Waals surface area contributed by atoms with Crippen molar-refractivity contribution >= 4 is 0 Å². The summed E-state index contributed by atoms with van der Waals surface area (Å²) in [6, 6.07) is 0. The Bertz CT molecular complexity index is 203. The standard InChI is InChI=1S/C12H26N3O/c1-3-8-15(9-11-16-12-10-15)14-6-4-13(2)5-7-14/h3-12H2,1-2H3/q+1. The van der Waals surface area contributed by atoms with Crippen molar-refractivity contribution in [2.45, 2.75) is 13.3 Å². The number of ether oxygens (including phenoxy) is 1. The summed E-state index contributed by atoms with van der Waals surface area (Å²) in [6.07, 6.45) is 1.27. The molecule has 0 atom stereocenters. The Labute approximate surface area is 99.3 Å². The van der Waals surface area contributed by atoms with Gasteiger partial charge in [-0.3, -0.25) is 0 Å². The van der Waals surface area contributed by atoms with Gasteiger partial charge in [-0.2, -0.15) is 5.01 Å². The Morgan fingerprint density at radius 2 is 1.69 bits per heavy atom. The number of likely N-dealkylation sites (N-methyl/N-ethyl adjacent to an activating group) is 1. The van der Waals surface area contributed by atoms with Gasteiger partial charge in [-0.1, -0.05) is 6.92 Å². The average molecular weight is 228 g/mol. The molecule has 0 bridgehead atoms. The Balaban J connectivity index is 2.00. The molecule has 0 aliphatic carbocycles. The first-order valence-electron chi connectivity index (χ1n) is 6.65. The molecular weight excluding hydrogens is 202 g/mol. The van der Waals surface area contributed by atoms with Crippen molar-refractivity contribution < 1.29 is 9.33 Å². The number of rotatable bonds is 3. The number of hydrogen-bond acceptors (Lipinski definition) is 3. The molecule has 2 aliphatic heterocycles. The first kappa shape index (κ1) is 12.3. The molecule has 0 unspecified atom stereocenters. The van der Waals surface area contributed by atoms with Gasteiger partial charge in [0.05, 0.1) is 32.8 Å². The number of piperazine rings is 1. The van der Waals surface area contributed by atoms with E-state index >= 15 is 0 Å². The molecule has 4 nitrogen and oxygen atoms in total. The predicted octanol–water partition coefficient (Wildman–Crippen LogP) is 0.406. The van der Waals surface area contributed by atoms with E-state index in [0.717, 1.165) is 13.2 Å². The zero-order valence-corrected chi connectivity index (χ0v) is 10.8. The van der Waals surface area contributed by atoms with E-state index in [9.17, 15) is 0 Å². The summed E-state index contributed by atoms with van der Waals surface area (Å²) >= 11 is 0. The summed E-state index contributed by atoms with van der Waals surface area (Å²) in [7, 11) is 2.22. The molecule has 94 valence electrons. The van der Waals surface area contributed by atoms with Gasteiger partial charge >= 0.3 is 0 Å². The van der Waals surface area contributed by atoms with Crippen LogP contribution in [-0.4, -0.2) is 80.6 Å².